The highest BCUT2D eigenvalue weighted by atomic mass is 19.1. The fourth-order valence-electron chi connectivity index (χ4n) is 2.46. The number of nitrogens with zero attached hydrogens (tertiary/aromatic N) is 1. The Bertz CT molecular complexity index is 540. The molecule has 1 aromatic rings. The van der Waals surface area contributed by atoms with Gasteiger partial charge in [0, 0.05) is 13.1 Å². The summed E-state index contributed by atoms with van der Waals surface area (Å²) < 4.78 is 18.5. The summed E-state index contributed by atoms with van der Waals surface area (Å²) in [5.74, 6) is 0.198. The molecule has 0 aliphatic carbocycles. The van der Waals surface area contributed by atoms with Gasteiger partial charge in [-0.15, -0.1) is 0 Å². The molecule has 0 atom stereocenters. The van der Waals surface area contributed by atoms with Crippen LogP contribution in [0.2, 0.25) is 0 Å². The first-order chi connectivity index (χ1) is 10.3. The van der Waals surface area contributed by atoms with Crippen molar-refractivity contribution in [1.82, 2.24) is 4.90 Å². The minimum absolute atomic E-state index is 0.220. The number of ether oxygens (including phenoxy) is 1. The Kier molecular flexibility index (Phi) is 5.22. The molecule has 1 aliphatic heterocycles. The van der Waals surface area contributed by atoms with Gasteiger partial charge in [0.15, 0.2) is 0 Å². The van der Waals surface area contributed by atoms with Gasteiger partial charge in [0.1, 0.15) is 11.4 Å². The molecule has 0 radical (unpaired) electrons. The molecule has 22 heavy (non-hydrogen) atoms. The van der Waals surface area contributed by atoms with Crippen molar-refractivity contribution >= 4 is 12.2 Å². The van der Waals surface area contributed by atoms with Crippen molar-refractivity contribution in [2.75, 3.05) is 13.1 Å². The minimum atomic E-state index is -0.453. The van der Waals surface area contributed by atoms with Crippen molar-refractivity contribution in [2.45, 2.75) is 39.2 Å². The highest BCUT2D eigenvalue weighted by Gasteiger charge is 2.25. The minimum Gasteiger partial charge on any atom is -0.444 e. The molecular formula is C18H24FNO2. The normalized spacial score (nSPS) is 17.0. The highest BCUT2D eigenvalue weighted by molar-refractivity contribution is 5.68. The van der Waals surface area contributed by atoms with Crippen LogP contribution in [0, 0.1) is 11.7 Å². The van der Waals surface area contributed by atoms with Crippen molar-refractivity contribution < 1.29 is 13.9 Å². The maximum absolute atomic E-state index is 13.1. The fourth-order valence-corrected chi connectivity index (χ4v) is 2.46. The number of likely N-dealkylation sites (tertiary alicyclic amines) is 1. The predicted octanol–water partition coefficient (Wildman–Crippen LogP) is 4.49. The van der Waals surface area contributed by atoms with Crippen molar-refractivity contribution in [2.24, 2.45) is 5.92 Å². The molecule has 0 spiro atoms. The van der Waals surface area contributed by atoms with E-state index in [1.807, 2.05) is 32.9 Å². The third-order valence-electron chi connectivity index (χ3n) is 3.60. The van der Waals surface area contributed by atoms with E-state index in [9.17, 15) is 9.18 Å². The molecule has 0 aromatic heterocycles. The molecule has 1 heterocycles. The molecule has 0 N–H and O–H groups in total. The number of rotatable bonds is 2. The molecule has 0 unspecified atom stereocenters. The summed E-state index contributed by atoms with van der Waals surface area (Å²) in [6, 6.07) is 6.55. The van der Waals surface area contributed by atoms with Gasteiger partial charge in [-0.2, -0.15) is 0 Å². The van der Waals surface area contributed by atoms with Crippen molar-refractivity contribution in [1.29, 1.82) is 0 Å². The van der Waals surface area contributed by atoms with Crippen LogP contribution in [0.4, 0.5) is 9.18 Å². The number of piperidine rings is 1. The standard InChI is InChI=1S/C18H24FNO2/c1-18(2,3)22-17(21)20-11-9-14(10-12-20)7-8-15-5-4-6-16(19)13-15/h4-8,13-14H,9-12H2,1-3H3/b8-7-. The van der Waals surface area contributed by atoms with Gasteiger partial charge < -0.3 is 9.64 Å². The molecule has 4 heteroatoms. The average Bonchev–Trinajstić information content (AvgIpc) is 2.44. The molecule has 1 aromatic carbocycles. The van der Waals surface area contributed by atoms with E-state index in [4.69, 9.17) is 4.74 Å². The summed E-state index contributed by atoms with van der Waals surface area (Å²) in [5, 5.41) is 0. The van der Waals surface area contributed by atoms with Crippen LogP contribution in [0.5, 0.6) is 0 Å². The Balaban J connectivity index is 1.83. The summed E-state index contributed by atoms with van der Waals surface area (Å²) in [7, 11) is 0. The molecule has 0 saturated carbocycles. The lowest BCUT2D eigenvalue weighted by molar-refractivity contribution is 0.0197. The summed E-state index contributed by atoms with van der Waals surface area (Å²) in [6.07, 6.45) is 5.65. The summed E-state index contributed by atoms with van der Waals surface area (Å²) in [4.78, 5) is 13.7. The van der Waals surface area contributed by atoms with Crippen LogP contribution < -0.4 is 0 Å². The molecule has 120 valence electrons. The number of carbonyl (C=O) groups excluding carboxylic acids is 1. The van der Waals surface area contributed by atoms with E-state index < -0.39 is 5.60 Å². The zero-order valence-corrected chi connectivity index (χ0v) is 13.5. The number of amides is 1. The van der Waals surface area contributed by atoms with Crippen LogP contribution in [-0.2, 0) is 4.74 Å². The van der Waals surface area contributed by atoms with Crippen LogP contribution in [0.25, 0.3) is 6.08 Å². The van der Waals surface area contributed by atoms with Gasteiger partial charge in [-0.05, 0) is 57.2 Å². The Morgan fingerprint density at radius 3 is 2.59 bits per heavy atom. The van der Waals surface area contributed by atoms with Gasteiger partial charge in [0.05, 0.1) is 0 Å². The van der Waals surface area contributed by atoms with Crippen molar-refractivity contribution in [3.8, 4) is 0 Å². The number of hydrogen-bond acceptors (Lipinski definition) is 2. The smallest absolute Gasteiger partial charge is 0.410 e. The van der Waals surface area contributed by atoms with E-state index in [2.05, 4.69) is 6.08 Å². The van der Waals surface area contributed by atoms with E-state index in [1.54, 1.807) is 11.0 Å². The largest absolute Gasteiger partial charge is 0.444 e. The number of allylic oxidation sites excluding steroid dienone is 1. The van der Waals surface area contributed by atoms with Crippen molar-refractivity contribution in [3.63, 3.8) is 0 Å². The maximum atomic E-state index is 13.1. The molecule has 1 fully saturated rings. The van der Waals surface area contributed by atoms with Crippen LogP contribution >= 0.6 is 0 Å². The molecule has 2 rings (SSSR count). The van der Waals surface area contributed by atoms with Crippen LogP contribution in [-0.4, -0.2) is 29.7 Å². The quantitative estimate of drug-likeness (QED) is 0.806. The van der Waals surface area contributed by atoms with E-state index in [0.717, 1.165) is 18.4 Å². The number of halogens is 1. The lowest BCUT2D eigenvalue weighted by atomic mass is 9.96. The van der Waals surface area contributed by atoms with Crippen molar-refractivity contribution in [3.05, 3.63) is 41.7 Å². The molecule has 3 nitrogen and oxygen atoms in total. The topological polar surface area (TPSA) is 29.5 Å². The Morgan fingerprint density at radius 2 is 2.00 bits per heavy atom. The van der Waals surface area contributed by atoms with E-state index >= 15 is 0 Å². The van der Waals surface area contributed by atoms with Gasteiger partial charge in [-0.25, -0.2) is 9.18 Å². The maximum Gasteiger partial charge on any atom is 0.410 e. The van der Waals surface area contributed by atoms with Gasteiger partial charge >= 0.3 is 6.09 Å². The molecule has 1 saturated heterocycles. The van der Waals surface area contributed by atoms with E-state index in [1.165, 1.54) is 12.1 Å². The Hall–Kier alpha value is -1.84. The first-order valence-corrected chi connectivity index (χ1v) is 7.75. The predicted molar refractivity (Wildman–Crippen MR) is 86.0 cm³/mol. The molecule has 1 aliphatic rings. The first-order valence-electron chi connectivity index (χ1n) is 7.75. The monoisotopic (exact) mass is 305 g/mol. The number of hydrogen-bond donors (Lipinski definition) is 0. The second kappa shape index (κ2) is 6.95. The highest BCUT2D eigenvalue weighted by Crippen LogP contribution is 2.21. The van der Waals surface area contributed by atoms with Crippen LogP contribution in [0.1, 0.15) is 39.2 Å². The first kappa shape index (κ1) is 16.5. The number of benzene rings is 1. The lowest BCUT2D eigenvalue weighted by Gasteiger charge is -2.32. The Labute approximate surface area is 131 Å². The van der Waals surface area contributed by atoms with Gasteiger partial charge in [0.2, 0.25) is 0 Å². The van der Waals surface area contributed by atoms with Crippen LogP contribution in [0.3, 0.4) is 0 Å². The Morgan fingerprint density at radius 1 is 1.32 bits per heavy atom. The second-order valence-electron chi connectivity index (χ2n) is 6.72. The van der Waals surface area contributed by atoms with Gasteiger partial charge in [-0.1, -0.05) is 24.3 Å². The van der Waals surface area contributed by atoms with E-state index in [-0.39, 0.29) is 11.9 Å². The number of carbonyl (C=O) groups is 1. The zero-order valence-electron chi connectivity index (χ0n) is 13.5. The van der Waals surface area contributed by atoms with Gasteiger partial charge in [0.25, 0.3) is 0 Å². The lowest BCUT2D eigenvalue weighted by Crippen LogP contribution is -2.41. The second-order valence-corrected chi connectivity index (χ2v) is 6.72. The third kappa shape index (κ3) is 5.17. The van der Waals surface area contributed by atoms with Gasteiger partial charge in [-0.3, -0.25) is 0 Å². The summed E-state index contributed by atoms with van der Waals surface area (Å²) in [5.41, 5.74) is 0.417. The molecule has 0 bridgehead atoms. The SMILES string of the molecule is CC(C)(C)OC(=O)N1CCC(/C=C\c2cccc(F)c2)CC1. The zero-order chi connectivity index (χ0) is 16.2. The average molecular weight is 305 g/mol. The third-order valence-corrected chi connectivity index (χ3v) is 3.60. The summed E-state index contributed by atoms with van der Waals surface area (Å²) >= 11 is 0. The fraction of sp³-hybridized carbons (Fsp3) is 0.500. The molecule has 1 amide bonds. The molecular weight excluding hydrogens is 281 g/mol. The van der Waals surface area contributed by atoms with E-state index in [0.29, 0.717) is 19.0 Å². The summed E-state index contributed by atoms with van der Waals surface area (Å²) in [6.45, 7) is 7.03. The van der Waals surface area contributed by atoms with Crippen LogP contribution in [0.15, 0.2) is 30.3 Å².